The second kappa shape index (κ2) is 11.0. The van der Waals surface area contributed by atoms with Crippen molar-refractivity contribution in [3.05, 3.63) is 103 Å². The topological polar surface area (TPSA) is 106 Å². The van der Waals surface area contributed by atoms with E-state index in [-0.39, 0.29) is 11.9 Å². The lowest BCUT2D eigenvalue weighted by Gasteiger charge is -2.28. The van der Waals surface area contributed by atoms with Crippen LogP contribution in [0.15, 0.2) is 91.5 Å². The molecule has 0 fully saturated rings. The fraction of sp³-hybridized carbons (Fsp3) is 0.194. The number of nitrogens with zero attached hydrogens (tertiary/aromatic N) is 4. The number of amides is 2. The molecule has 0 aliphatic carbocycles. The number of carbonyl (C=O) groups excluding carboxylic acids is 2. The van der Waals surface area contributed by atoms with Crippen LogP contribution >= 0.6 is 0 Å². The lowest BCUT2D eigenvalue weighted by Crippen LogP contribution is -2.53. The van der Waals surface area contributed by atoms with E-state index in [0.29, 0.717) is 34.1 Å². The van der Waals surface area contributed by atoms with Crippen LogP contribution in [0.25, 0.3) is 11.4 Å². The maximum Gasteiger partial charge on any atom is 0.263 e. The Bertz CT molecular complexity index is 1580. The molecule has 1 unspecified atom stereocenters. The van der Waals surface area contributed by atoms with E-state index in [1.54, 1.807) is 23.2 Å². The number of anilines is 3. The Morgan fingerprint density at radius 3 is 2.33 bits per heavy atom. The SMILES string of the molecule is COc1cc(/C(N)=C/NC2C(=O)N(c3ccccc3)c3ccccc3N(C(C)C)C2=O)ccc1-n1cnc(C)c1. The van der Waals surface area contributed by atoms with Gasteiger partial charge in [0.2, 0.25) is 0 Å². The van der Waals surface area contributed by atoms with E-state index >= 15 is 0 Å². The van der Waals surface area contributed by atoms with Crippen LogP contribution in [0, 0.1) is 6.92 Å². The molecule has 1 aromatic heterocycles. The van der Waals surface area contributed by atoms with Crippen LogP contribution in [0.2, 0.25) is 0 Å². The van der Waals surface area contributed by atoms with Crippen molar-refractivity contribution >= 4 is 34.6 Å². The Hall–Kier alpha value is -5.05. The Morgan fingerprint density at radius 1 is 0.975 bits per heavy atom. The number of nitrogens with one attached hydrogen (secondary N) is 1. The zero-order chi connectivity index (χ0) is 28.4. The summed E-state index contributed by atoms with van der Waals surface area (Å²) in [6.45, 7) is 5.76. The van der Waals surface area contributed by atoms with E-state index < -0.39 is 11.9 Å². The van der Waals surface area contributed by atoms with E-state index in [1.807, 2.05) is 104 Å². The highest BCUT2D eigenvalue weighted by Gasteiger charge is 2.41. The first-order valence-electron chi connectivity index (χ1n) is 13.0. The first kappa shape index (κ1) is 26.6. The standard InChI is InChI=1S/C31H32N6O3/c1-20(2)36-25-12-8-9-13-26(25)37(23-10-6-5-7-11-23)31(39)29(30(36)38)33-17-24(32)22-14-15-27(28(16-22)40-4)35-18-21(3)34-19-35/h5-20,29,33H,32H2,1-4H3/b24-17-. The highest BCUT2D eigenvalue weighted by Crippen LogP contribution is 2.38. The number of imidazole rings is 1. The van der Waals surface area contributed by atoms with Crippen molar-refractivity contribution < 1.29 is 14.3 Å². The van der Waals surface area contributed by atoms with E-state index in [0.717, 1.165) is 11.4 Å². The lowest BCUT2D eigenvalue weighted by molar-refractivity contribution is -0.128. The van der Waals surface area contributed by atoms with Gasteiger partial charge in [0.05, 0.1) is 41.9 Å². The number of rotatable bonds is 7. The number of hydrogen-bond acceptors (Lipinski definition) is 6. The molecule has 1 aliphatic rings. The average molecular weight is 537 g/mol. The summed E-state index contributed by atoms with van der Waals surface area (Å²) in [5.41, 5.74) is 11.1. The number of aromatic nitrogens is 2. The number of carbonyl (C=O) groups is 2. The highest BCUT2D eigenvalue weighted by molar-refractivity contribution is 6.23. The van der Waals surface area contributed by atoms with Gasteiger partial charge in [0.1, 0.15) is 5.75 Å². The zero-order valence-corrected chi connectivity index (χ0v) is 22.9. The van der Waals surface area contributed by atoms with E-state index in [1.165, 1.54) is 6.20 Å². The molecular weight excluding hydrogens is 504 g/mol. The second-order valence-electron chi connectivity index (χ2n) is 9.81. The molecule has 4 aromatic rings. The Labute approximate surface area is 233 Å². The number of methoxy groups -OCH3 is 1. The normalized spacial score (nSPS) is 15.7. The number of ether oxygens (including phenoxy) is 1. The first-order chi connectivity index (χ1) is 19.3. The van der Waals surface area contributed by atoms with Gasteiger partial charge >= 0.3 is 0 Å². The van der Waals surface area contributed by atoms with E-state index in [9.17, 15) is 9.59 Å². The minimum atomic E-state index is -1.20. The smallest absolute Gasteiger partial charge is 0.263 e. The van der Waals surface area contributed by atoms with Gasteiger partial charge in [-0.15, -0.1) is 0 Å². The first-order valence-corrected chi connectivity index (χ1v) is 13.0. The molecule has 1 aliphatic heterocycles. The molecule has 0 saturated carbocycles. The van der Waals surface area contributed by atoms with Gasteiger partial charge in [-0.05, 0) is 57.2 Å². The monoisotopic (exact) mass is 536 g/mol. The quantitative estimate of drug-likeness (QED) is 0.337. The van der Waals surface area contributed by atoms with E-state index in [4.69, 9.17) is 10.5 Å². The predicted octanol–water partition coefficient (Wildman–Crippen LogP) is 4.52. The van der Waals surface area contributed by atoms with Crippen molar-refractivity contribution in [1.82, 2.24) is 14.9 Å². The Balaban J connectivity index is 1.51. The van der Waals surface area contributed by atoms with Crippen molar-refractivity contribution in [2.75, 3.05) is 16.9 Å². The van der Waals surface area contributed by atoms with Crippen LogP contribution in [0.1, 0.15) is 25.1 Å². The van der Waals surface area contributed by atoms with Gasteiger partial charge in [0, 0.05) is 29.7 Å². The summed E-state index contributed by atoms with van der Waals surface area (Å²) in [5.74, 6) is -0.165. The minimum Gasteiger partial charge on any atom is -0.495 e. The molecule has 2 amide bonds. The maximum absolute atomic E-state index is 14.1. The number of benzene rings is 3. The van der Waals surface area contributed by atoms with Gasteiger partial charge in [0.15, 0.2) is 6.04 Å². The van der Waals surface area contributed by atoms with Gasteiger partial charge in [-0.3, -0.25) is 14.5 Å². The van der Waals surface area contributed by atoms with Gasteiger partial charge in [-0.2, -0.15) is 0 Å². The largest absolute Gasteiger partial charge is 0.495 e. The summed E-state index contributed by atoms with van der Waals surface area (Å²) in [7, 11) is 1.59. The Morgan fingerprint density at radius 2 is 1.68 bits per heavy atom. The van der Waals surface area contributed by atoms with Crippen molar-refractivity contribution in [3.8, 4) is 11.4 Å². The van der Waals surface area contributed by atoms with Crippen LogP contribution < -0.4 is 25.6 Å². The third-order valence-electron chi connectivity index (χ3n) is 6.77. The van der Waals surface area contributed by atoms with Crippen molar-refractivity contribution in [2.45, 2.75) is 32.9 Å². The molecule has 0 bridgehead atoms. The minimum absolute atomic E-state index is 0.189. The molecule has 9 nitrogen and oxygen atoms in total. The van der Waals surface area contributed by atoms with Crippen LogP contribution in [-0.2, 0) is 9.59 Å². The highest BCUT2D eigenvalue weighted by atomic mass is 16.5. The number of aryl methyl sites for hydroxylation is 1. The molecule has 1 atom stereocenters. The van der Waals surface area contributed by atoms with Crippen LogP contribution in [0.3, 0.4) is 0 Å². The Kier molecular flexibility index (Phi) is 7.29. The van der Waals surface area contributed by atoms with Gasteiger partial charge in [-0.25, -0.2) is 4.98 Å². The van der Waals surface area contributed by atoms with Gasteiger partial charge in [0.25, 0.3) is 11.8 Å². The van der Waals surface area contributed by atoms with Crippen molar-refractivity contribution in [3.63, 3.8) is 0 Å². The summed E-state index contributed by atoms with van der Waals surface area (Å²) >= 11 is 0. The van der Waals surface area contributed by atoms with Crippen molar-refractivity contribution in [2.24, 2.45) is 5.73 Å². The molecule has 0 saturated heterocycles. The van der Waals surface area contributed by atoms with E-state index in [2.05, 4.69) is 10.3 Å². The number of fused-ring (bicyclic) bond motifs is 1. The van der Waals surface area contributed by atoms with Crippen LogP contribution in [0.5, 0.6) is 5.75 Å². The summed E-state index contributed by atoms with van der Waals surface area (Å²) in [6.07, 6.45) is 5.13. The molecule has 3 aromatic carbocycles. The average Bonchev–Trinajstić information content (AvgIpc) is 3.36. The van der Waals surface area contributed by atoms with Gasteiger partial charge in [-0.1, -0.05) is 36.4 Å². The maximum atomic E-state index is 14.1. The van der Waals surface area contributed by atoms with Gasteiger partial charge < -0.3 is 25.3 Å². The summed E-state index contributed by atoms with van der Waals surface area (Å²) in [4.78, 5) is 35.5. The predicted molar refractivity (Wildman–Crippen MR) is 157 cm³/mol. The number of para-hydroxylation sites is 3. The second-order valence-corrected chi connectivity index (χ2v) is 9.81. The molecule has 0 radical (unpaired) electrons. The van der Waals surface area contributed by atoms with Crippen molar-refractivity contribution in [1.29, 1.82) is 0 Å². The molecule has 40 heavy (non-hydrogen) atoms. The molecule has 0 spiro atoms. The van der Waals surface area contributed by atoms with Crippen LogP contribution in [0.4, 0.5) is 17.1 Å². The summed E-state index contributed by atoms with van der Waals surface area (Å²) in [5, 5.41) is 3.04. The third kappa shape index (κ3) is 4.89. The third-order valence-corrected chi connectivity index (χ3v) is 6.77. The summed E-state index contributed by atoms with van der Waals surface area (Å²) in [6, 6.07) is 20.9. The number of hydrogen-bond donors (Lipinski definition) is 2. The lowest BCUT2D eigenvalue weighted by atomic mass is 10.1. The molecular formula is C31H32N6O3. The fourth-order valence-electron chi connectivity index (χ4n) is 4.87. The molecule has 204 valence electrons. The number of nitrogens with two attached hydrogens (primary N) is 1. The zero-order valence-electron chi connectivity index (χ0n) is 22.9. The summed E-state index contributed by atoms with van der Waals surface area (Å²) < 4.78 is 7.48. The molecule has 9 heteroatoms. The fourth-order valence-corrected chi connectivity index (χ4v) is 4.87. The molecule has 3 N–H and O–H groups in total. The molecule has 2 heterocycles. The molecule has 5 rings (SSSR count). The van der Waals surface area contributed by atoms with Crippen LogP contribution in [-0.4, -0.2) is 40.6 Å².